The van der Waals surface area contributed by atoms with Crippen LogP contribution in [0.3, 0.4) is 0 Å². The second-order valence-electron chi connectivity index (χ2n) is 4.66. The van der Waals surface area contributed by atoms with E-state index in [1.165, 1.54) is 0 Å². The van der Waals surface area contributed by atoms with Gasteiger partial charge in [-0.05, 0) is 42.5 Å². The van der Waals surface area contributed by atoms with Crippen LogP contribution in [0.2, 0.25) is 10.2 Å². The Morgan fingerprint density at radius 3 is 2.48 bits per heavy atom. The van der Waals surface area contributed by atoms with E-state index in [4.69, 9.17) is 23.2 Å². The Hall–Kier alpha value is -1.82. The molecule has 0 aliphatic heterocycles. The number of pyridine rings is 1. The molecule has 0 amide bonds. The highest BCUT2D eigenvalue weighted by molar-refractivity contribution is 7.84. The van der Waals surface area contributed by atoms with Crippen molar-refractivity contribution in [2.24, 2.45) is 0 Å². The average Bonchev–Trinajstić information content (AvgIpc) is 2.55. The zero-order valence-corrected chi connectivity index (χ0v) is 14.1. The number of benzene rings is 1. The van der Waals surface area contributed by atoms with Gasteiger partial charge >= 0.3 is 0 Å². The number of halogens is 2. The minimum Gasteiger partial charge on any atom is -0.254 e. The third kappa shape index (κ3) is 4.13. The van der Waals surface area contributed by atoms with E-state index in [1.807, 2.05) is 12.1 Å². The molecule has 0 aliphatic carbocycles. The van der Waals surface area contributed by atoms with E-state index in [0.29, 0.717) is 32.3 Å². The molecule has 3 rings (SSSR count). The van der Waals surface area contributed by atoms with Crippen molar-refractivity contribution in [2.75, 3.05) is 0 Å². The summed E-state index contributed by atoms with van der Waals surface area (Å²) in [6.45, 7) is 0. The quantitative estimate of drug-likeness (QED) is 0.653. The average molecular weight is 364 g/mol. The van der Waals surface area contributed by atoms with Gasteiger partial charge in [-0.2, -0.15) is 0 Å². The normalized spacial score (nSPS) is 12.1. The molecule has 1 aromatic carbocycles. The summed E-state index contributed by atoms with van der Waals surface area (Å²) in [6.07, 6.45) is 1.66. The van der Waals surface area contributed by atoms with Crippen LogP contribution in [0, 0.1) is 0 Å². The summed E-state index contributed by atoms with van der Waals surface area (Å²) >= 11 is 11.9. The summed E-state index contributed by atoms with van der Waals surface area (Å²) < 4.78 is 12.4. The molecule has 23 heavy (non-hydrogen) atoms. The van der Waals surface area contributed by atoms with Gasteiger partial charge in [-0.1, -0.05) is 29.3 Å². The maximum absolute atomic E-state index is 12.4. The van der Waals surface area contributed by atoms with Crippen LogP contribution in [0.15, 0.2) is 59.6 Å². The molecule has 3 aromatic rings. The second kappa shape index (κ2) is 7.17. The summed E-state index contributed by atoms with van der Waals surface area (Å²) in [5.74, 6) is 0.658. The summed E-state index contributed by atoms with van der Waals surface area (Å²) in [4.78, 5) is 13.5. The van der Waals surface area contributed by atoms with E-state index in [-0.39, 0.29) is 5.75 Å². The van der Waals surface area contributed by atoms with Crippen molar-refractivity contribution in [1.82, 2.24) is 15.0 Å². The first-order valence-electron chi connectivity index (χ1n) is 6.70. The molecular formula is C16H11Cl2N3OS. The summed E-state index contributed by atoms with van der Waals surface area (Å²) in [5, 5.41) is 0.900. The van der Waals surface area contributed by atoms with Crippen molar-refractivity contribution in [3.05, 3.63) is 70.6 Å². The predicted molar refractivity (Wildman–Crippen MR) is 91.8 cm³/mol. The fourth-order valence-corrected chi connectivity index (χ4v) is 3.31. The Morgan fingerprint density at radius 1 is 1.00 bits per heavy atom. The maximum Gasteiger partial charge on any atom is 0.179 e. The van der Waals surface area contributed by atoms with Gasteiger partial charge in [-0.25, -0.2) is 9.97 Å². The zero-order valence-electron chi connectivity index (χ0n) is 11.8. The van der Waals surface area contributed by atoms with Crippen LogP contribution in [0.1, 0.15) is 5.69 Å². The molecule has 1 atom stereocenters. The Morgan fingerprint density at radius 2 is 1.78 bits per heavy atom. The van der Waals surface area contributed by atoms with Crippen molar-refractivity contribution in [1.29, 1.82) is 0 Å². The van der Waals surface area contributed by atoms with E-state index in [2.05, 4.69) is 15.0 Å². The van der Waals surface area contributed by atoms with Crippen molar-refractivity contribution in [3.63, 3.8) is 0 Å². The first-order valence-corrected chi connectivity index (χ1v) is 8.78. The molecule has 0 saturated heterocycles. The SMILES string of the molecule is O=S(Cc1cc(Cl)nc(-c2ccccn2)n1)c1ccc(Cl)cc1. The van der Waals surface area contributed by atoms with Crippen molar-refractivity contribution in [2.45, 2.75) is 10.6 Å². The molecule has 7 heteroatoms. The molecule has 1 unspecified atom stereocenters. The maximum atomic E-state index is 12.4. The van der Waals surface area contributed by atoms with Gasteiger partial charge in [0.05, 0.1) is 22.2 Å². The number of hydrogen-bond acceptors (Lipinski definition) is 4. The molecule has 116 valence electrons. The van der Waals surface area contributed by atoms with Crippen LogP contribution in [-0.2, 0) is 16.6 Å². The van der Waals surface area contributed by atoms with Crippen LogP contribution in [0.25, 0.3) is 11.5 Å². The standard InChI is InChI=1S/C16H11Cl2N3OS/c17-11-4-6-13(7-5-11)23(22)10-12-9-15(18)21-16(20-12)14-3-1-2-8-19-14/h1-9H,10H2. The molecule has 0 fully saturated rings. The first-order chi connectivity index (χ1) is 11.1. The molecule has 0 bridgehead atoms. The second-order valence-corrected chi connectivity index (χ2v) is 6.94. The summed E-state index contributed by atoms with van der Waals surface area (Å²) in [5.41, 5.74) is 1.22. The number of aromatic nitrogens is 3. The van der Waals surface area contributed by atoms with Crippen molar-refractivity contribution >= 4 is 34.0 Å². The van der Waals surface area contributed by atoms with Gasteiger partial charge in [0, 0.05) is 16.1 Å². The van der Waals surface area contributed by atoms with E-state index in [1.54, 1.807) is 42.6 Å². The van der Waals surface area contributed by atoms with Crippen molar-refractivity contribution < 1.29 is 4.21 Å². The molecular weight excluding hydrogens is 353 g/mol. The Kier molecular flexibility index (Phi) is 5.00. The summed E-state index contributed by atoms with van der Waals surface area (Å²) in [6, 6.07) is 14.0. The number of rotatable bonds is 4. The smallest absolute Gasteiger partial charge is 0.179 e. The highest BCUT2D eigenvalue weighted by Crippen LogP contribution is 2.19. The third-order valence-corrected chi connectivity index (χ3v) is 4.80. The zero-order chi connectivity index (χ0) is 16.2. The number of hydrogen-bond donors (Lipinski definition) is 0. The van der Waals surface area contributed by atoms with Gasteiger partial charge in [-0.15, -0.1) is 0 Å². The van der Waals surface area contributed by atoms with Gasteiger partial charge in [0.25, 0.3) is 0 Å². The molecule has 0 N–H and O–H groups in total. The third-order valence-electron chi connectivity index (χ3n) is 3.00. The molecule has 0 spiro atoms. The predicted octanol–water partition coefficient (Wildman–Crippen LogP) is 4.15. The molecule has 2 heterocycles. The molecule has 0 saturated carbocycles. The van der Waals surface area contributed by atoms with Gasteiger partial charge in [0.15, 0.2) is 5.82 Å². The number of nitrogens with zero attached hydrogens (tertiary/aromatic N) is 3. The fraction of sp³-hybridized carbons (Fsp3) is 0.0625. The van der Waals surface area contributed by atoms with Crippen LogP contribution in [0.5, 0.6) is 0 Å². The molecule has 4 nitrogen and oxygen atoms in total. The molecule has 0 aliphatic rings. The minimum atomic E-state index is -1.24. The lowest BCUT2D eigenvalue weighted by Crippen LogP contribution is -2.02. The Labute approximate surface area is 146 Å². The van der Waals surface area contributed by atoms with Crippen molar-refractivity contribution in [3.8, 4) is 11.5 Å². The molecule has 2 aromatic heterocycles. The minimum absolute atomic E-state index is 0.240. The molecule has 0 radical (unpaired) electrons. The topological polar surface area (TPSA) is 55.7 Å². The lowest BCUT2D eigenvalue weighted by Gasteiger charge is -2.05. The van der Waals surface area contributed by atoms with Crippen LogP contribution in [0.4, 0.5) is 0 Å². The van der Waals surface area contributed by atoms with Gasteiger partial charge < -0.3 is 0 Å². The van der Waals surface area contributed by atoms with Crippen LogP contribution < -0.4 is 0 Å². The van der Waals surface area contributed by atoms with Gasteiger partial charge in [0.1, 0.15) is 10.8 Å². The Balaban J connectivity index is 1.87. The van der Waals surface area contributed by atoms with Crippen LogP contribution >= 0.6 is 23.2 Å². The lowest BCUT2D eigenvalue weighted by molar-refractivity contribution is 0.682. The van der Waals surface area contributed by atoms with E-state index < -0.39 is 10.8 Å². The fourth-order valence-electron chi connectivity index (χ4n) is 1.95. The van der Waals surface area contributed by atoms with E-state index in [0.717, 1.165) is 0 Å². The Bertz CT molecular complexity index is 842. The van der Waals surface area contributed by atoms with Gasteiger partial charge in [0.2, 0.25) is 0 Å². The van der Waals surface area contributed by atoms with E-state index >= 15 is 0 Å². The largest absolute Gasteiger partial charge is 0.254 e. The first kappa shape index (κ1) is 16.1. The lowest BCUT2D eigenvalue weighted by atomic mass is 10.3. The highest BCUT2D eigenvalue weighted by atomic mass is 35.5. The van der Waals surface area contributed by atoms with Crippen LogP contribution in [-0.4, -0.2) is 19.2 Å². The van der Waals surface area contributed by atoms with E-state index in [9.17, 15) is 4.21 Å². The monoisotopic (exact) mass is 363 g/mol. The summed E-state index contributed by atoms with van der Waals surface area (Å²) in [7, 11) is -1.24. The van der Waals surface area contributed by atoms with Gasteiger partial charge in [-0.3, -0.25) is 9.19 Å². The highest BCUT2D eigenvalue weighted by Gasteiger charge is 2.11.